The molecule has 1 aliphatic heterocycles. The number of piperidine rings is 1. The third-order valence-corrected chi connectivity index (χ3v) is 5.97. The topological polar surface area (TPSA) is 66.3 Å². The van der Waals surface area contributed by atoms with Gasteiger partial charge in [-0.1, -0.05) is 6.07 Å². The lowest BCUT2D eigenvalue weighted by Crippen LogP contribution is -2.34. The second kappa shape index (κ2) is 6.61. The van der Waals surface area contributed by atoms with Crippen LogP contribution in [0.4, 0.5) is 0 Å². The first-order valence-corrected chi connectivity index (χ1v) is 9.46. The van der Waals surface area contributed by atoms with Crippen molar-refractivity contribution in [3.05, 3.63) is 45.2 Å². The van der Waals surface area contributed by atoms with E-state index in [1.807, 2.05) is 0 Å². The number of hydrogen-bond donors (Lipinski definition) is 1. The van der Waals surface area contributed by atoms with Crippen molar-refractivity contribution < 1.29 is 9.90 Å². The maximum atomic E-state index is 11.0. The van der Waals surface area contributed by atoms with Gasteiger partial charge in [-0.05, 0) is 50.3 Å². The van der Waals surface area contributed by atoms with E-state index in [4.69, 9.17) is 10.1 Å². The van der Waals surface area contributed by atoms with E-state index in [1.165, 1.54) is 35.4 Å². The summed E-state index contributed by atoms with van der Waals surface area (Å²) >= 11 is 1.47. The molecule has 0 bridgehead atoms. The van der Waals surface area contributed by atoms with Crippen molar-refractivity contribution in [3.63, 3.8) is 0 Å². The van der Waals surface area contributed by atoms with Gasteiger partial charge in [0.05, 0.1) is 10.7 Å². The fraction of sp³-hybridized carbons (Fsp3) is 0.500. The molecule has 126 valence electrons. The summed E-state index contributed by atoms with van der Waals surface area (Å²) in [5, 5.41) is 11.7. The first-order valence-electron chi connectivity index (χ1n) is 8.58. The average Bonchev–Trinajstić information content (AvgIpc) is 3.24. The first kappa shape index (κ1) is 15.7. The fourth-order valence-electron chi connectivity index (χ4n) is 3.76. The van der Waals surface area contributed by atoms with Crippen LogP contribution in [0.2, 0.25) is 0 Å². The molecule has 3 heterocycles. The van der Waals surface area contributed by atoms with Crippen LogP contribution in [0.5, 0.6) is 0 Å². The molecule has 0 spiro atoms. The molecule has 1 N–H and O–H groups in total. The minimum atomic E-state index is -0.937. The maximum Gasteiger partial charge on any atom is 0.355 e. The standard InChI is InChI=1S/C18H21N3O2S/c22-18(23)16-11-24-17(20-16)13-4-2-8-21(9-13)10-14-7-6-12-3-1-5-15(12)19-14/h6-7,11,13H,1-5,8-10H2,(H,22,23). The van der Waals surface area contributed by atoms with Crippen LogP contribution < -0.4 is 0 Å². The zero-order chi connectivity index (χ0) is 16.5. The predicted molar refractivity (Wildman–Crippen MR) is 92.6 cm³/mol. The third kappa shape index (κ3) is 3.21. The van der Waals surface area contributed by atoms with Crippen molar-refractivity contribution in [2.24, 2.45) is 0 Å². The predicted octanol–water partition coefficient (Wildman–Crippen LogP) is 3.10. The number of rotatable bonds is 4. The summed E-state index contributed by atoms with van der Waals surface area (Å²) < 4.78 is 0. The van der Waals surface area contributed by atoms with Gasteiger partial charge in [-0.2, -0.15) is 0 Å². The quantitative estimate of drug-likeness (QED) is 0.924. The third-order valence-electron chi connectivity index (χ3n) is 4.97. The van der Waals surface area contributed by atoms with Gasteiger partial charge in [0.15, 0.2) is 5.69 Å². The Balaban J connectivity index is 1.43. The number of hydrogen-bond acceptors (Lipinski definition) is 5. The van der Waals surface area contributed by atoms with Gasteiger partial charge in [-0.25, -0.2) is 9.78 Å². The highest BCUT2D eigenvalue weighted by molar-refractivity contribution is 7.09. The molecule has 0 saturated carbocycles. The fourth-order valence-corrected chi connectivity index (χ4v) is 4.68. The van der Waals surface area contributed by atoms with Crippen LogP contribution in [0.1, 0.15) is 57.6 Å². The van der Waals surface area contributed by atoms with Gasteiger partial charge in [0.1, 0.15) is 0 Å². The van der Waals surface area contributed by atoms with Crippen molar-refractivity contribution in [2.75, 3.05) is 13.1 Å². The maximum absolute atomic E-state index is 11.0. The molecule has 2 aromatic heterocycles. The molecule has 0 radical (unpaired) electrons. The molecule has 1 unspecified atom stereocenters. The van der Waals surface area contributed by atoms with Gasteiger partial charge in [-0.15, -0.1) is 11.3 Å². The van der Waals surface area contributed by atoms with Crippen LogP contribution in [0, 0.1) is 0 Å². The summed E-state index contributed by atoms with van der Waals surface area (Å²) in [6.07, 6.45) is 5.72. The molecule has 1 atom stereocenters. The zero-order valence-corrected chi connectivity index (χ0v) is 14.4. The van der Waals surface area contributed by atoms with Crippen LogP contribution in [-0.2, 0) is 19.4 Å². The minimum absolute atomic E-state index is 0.174. The van der Waals surface area contributed by atoms with Gasteiger partial charge in [0, 0.05) is 30.1 Å². The normalized spacial score (nSPS) is 20.9. The molecule has 2 aliphatic rings. The zero-order valence-electron chi connectivity index (χ0n) is 13.6. The van der Waals surface area contributed by atoms with Gasteiger partial charge in [0.25, 0.3) is 0 Å². The van der Waals surface area contributed by atoms with Crippen molar-refractivity contribution in [3.8, 4) is 0 Å². The Bertz CT molecular complexity index is 758. The number of nitrogens with zero attached hydrogens (tertiary/aromatic N) is 3. The van der Waals surface area contributed by atoms with Gasteiger partial charge in [0.2, 0.25) is 0 Å². The summed E-state index contributed by atoms with van der Waals surface area (Å²) in [7, 11) is 0. The van der Waals surface area contributed by atoms with E-state index >= 15 is 0 Å². The SMILES string of the molecule is O=C(O)c1csc(C2CCCN(Cc3ccc4c(n3)CCC4)C2)n1. The van der Waals surface area contributed by atoms with E-state index < -0.39 is 5.97 Å². The Labute approximate surface area is 145 Å². The summed E-state index contributed by atoms with van der Waals surface area (Å²) in [5.74, 6) is -0.598. The van der Waals surface area contributed by atoms with Crippen molar-refractivity contribution >= 4 is 17.3 Å². The Morgan fingerprint density at radius 2 is 2.21 bits per heavy atom. The number of aromatic nitrogens is 2. The highest BCUT2D eigenvalue weighted by atomic mass is 32.1. The molecule has 0 amide bonds. The smallest absolute Gasteiger partial charge is 0.355 e. The van der Waals surface area contributed by atoms with Crippen molar-refractivity contribution in [1.82, 2.24) is 14.9 Å². The van der Waals surface area contributed by atoms with E-state index in [9.17, 15) is 4.79 Å². The second-order valence-electron chi connectivity index (χ2n) is 6.71. The molecule has 4 rings (SSSR count). The molecule has 0 aromatic carbocycles. The van der Waals surface area contributed by atoms with Crippen LogP contribution >= 0.6 is 11.3 Å². The second-order valence-corrected chi connectivity index (χ2v) is 7.60. The van der Waals surface area contributed by atoms with Gasteiger partial charge >= 0.3 is 5.97 Å². The summed E-state index contributed by atoms with van der Waals surface area (Å²) in [6.45, 7) is 2.89. The molecule has 24 heavy (non-hydrogen) atoms. The molecule has 5 nitrogen and oxygen atoms in total. The van der Waals surface area contributed by atoms with Crippen molar-refractivity contribution in [1.29, 1.82) is 0 Å². The van der Waals surface area contributed by atoms with Crippen LogP contribution in [0.3, 0.4) is 0 Å². The molecular formula is C18H21N3O2S. The lowest BCUT2D eigenvalue weighted by molar-refractivity contribution is 0.0691. The largest absolute Gasteiger partial charge is 0.476 e. The summed E-state index contributed by atoms with van der Waals surface area (Å²) in [6, 6.07) is 4.41. The summed E-state index contributed by atoms with van der Waals surface area (Å²) in [5.41, 5.74) is 4.03. The van der Waals surface area contributed by atoms with Crippen LogP contribution in [0.15, 0.2) is 17.5 Å². The number of pyridine rings is 1. The minimum Gasteiger partial charge on any atom is -0.476 e. The Morgan fingerprint density at radius 1 is 1.29 bits per heavy atom. The van der Waals surface area contributed by atoms with Crippen molar-refractivity contribution in [2.45, 2.75) is 44.6 Å². The number of carboxylic acid groups (broad SMARTS) is 1. The monoisotopic (exact) mass is 343 g/mol. The Hall–Kier alpha value is -1.79. The van der Waals surface area contributed by atoms with Crippen LogP contribution in [-0.4, -0.2) is 39.0 Å². The number of thiazole rings is 1. The molecule has 2 aromatic rings. The number of aromatic carboxylic acids is 1. The number of likely N-dealkylation sites (tertiary alicyclic amines) is 1. The summed E-state index contributed by atoms with van der Waals surface area (Å²) in [4.78, 5) is 22.6. The molecule has 6 heteroatoms. The highest BCUT2D eigenvalue weighted by Gasteiger charge is 2.25. The van der Waals surface area contributed by atoms with Gasteiger partial charge < -0.3 is 5.11 Å². The Morgan fingerprint density at radius 3 is 3.04 bits per heavy atom. The average molecular weight is 343 g/mol. The number of fused-ring (bicyclic) bond motifs is 1. The van der Waals surface area contributed by atoms with Gasteiger partial charge in [-0.3, -0.25) is 9.88 Å². The number of carboxylic acids is 1. The van der Waals surface area contributed by atoms with E-state index in [1.54, 1.807) is 5.38 Å². The highest BCUT2D eigenvalue weighted by Crippen LogP contribution is 2.30. The first-order chi connectivity index (χ1) is 11.7. The van der Waals surface area contributed by atoms with E-state index in [0.29, 0.717) is 5.92 Å². The van der Waals surface area contributed by atoms with Crippen LogP contribution in [0.25, 0.3) is 0 Å². The van der Waals surface area contributed by atoms with E-state index in [-0.39, 0.29) is 5.69 Å². The molecular weight excluding hydrogens is 322 g/mol. The molecule has 1 saturated heterocycles. The van der Waals surface area contributed by atoms with E-state index in [0.717, 1.165) is 49.6 Å². The Kier molecular flexibility index (Phi) is 4.33. The lowest BCUT2D eigenvalue weighted by atomic mass is 9.98. The molecule has 1 aliphatic carbocycles. The molecule has 1 fully saturated rings. The number of carbonyl (C=O) groups is 1. The number of aryl methyl sites for hydroxylation is 2. The lowest BCUT2D eigenvalue weighted by Gasteiger charge is -2.31. The van der Waals surface area contributed by atoms with E-state index in [2.05, 4.69) is 22.0 Å².